The molecular formula is C17H21NO3S. The van der Waals surface area contributed by atoms with Gasteiger partial charge in [-0.05, 0) is 36.2 Å². The molecule has 0 amide bonds. The van der Waals surface area contributed by atoms with E-state index in [1.54, 1.807) is 26.4 Å². The van der Waals surface area contributed by atoms with Crippen molar-refractivity contribution in [1.82, 2.24) is 0 Å². The normalized spacial score (nSPS) is 13.4. The lowest BCUT2D eigenvalue weighted by Crippen LogP contribution is -2.08. The minimum atomic E-state index is -1.24. The van der Waals surface area contributed by atoms with Gasteiger partial charge in [0.1, 0.15) is 11.5 Å². The summed E-state index contributed by atoms with van der Waals surface area (Å²) in [6.07, 6.45) is 0.720. The Labute approximate surface area is 133 Å². The Morgan fingerprint density at radius 2 is 1.68 bits per heavy atom. The summed E-state index contributed by atoms with van der Waals surface area (Å²) in [7, 11) is 1.97. The highest BCUT2D eigenvalue weighted by molar-refractivity contribution is 7.85. The molecule has 2 N–H and O–H groups in total. The maximum atomic E-state index is 12.9. The molecule has 0 radical (unpaired) electrons. The van der Waals surface area contributed by atoms with Gasteiger partial charge in [-0.25, -0.2) is 0 Å². The van der Waals surface area contributed by atoms with Gasteiger partial charge in [0.25, 0.3) is 0 Å². The van der Waals surface area contributed by atoms with Crippen molar-refractivity contribution in [2.45, 2.75) is 23.5 Å². The third-order valence-electron chi connectivity index (χ3n) is 3.51. The molecule has 0 aliphatic carbocycles. The molecule has 0 aliphatic rings. The Bertz CT molecular complexity index is 650. The predicted molar refractivity (Wildman–Crippen MR) is 89.8 cm³/mol. The zero-order valence-corrected chi connectivity index (χ0v) is 13.9. The molecule has 0 fully saturated rings. The molecular weight excluding hydrogens is 298 g/mol. The number of hydrogen-bond acceptors (Lipinski definition) is 4. The van der Waals surface area contributed by atoms with E-state index in [1.807, 2.05) is 37.3 Å². The van der Waals surface area contributed by atoms with Crippen molar-refractivity contribution in [3.63, 3.8) is 0 Å². The first-order valence-electron chi connectivity index (χ1n) is 7.08. The fourth-order valence-electron chi connectivity index (χ4n) is 2.34. The molecule has 0 saturated heterocycles. The van der Waals surface area contributed by atoms with E-state index >= 15 is 0 Å². The number of hydrogen-bond donors (Lipinski definition) is 1. The highest BCUT2D eigenvalue weighted by Gasteiger charge is 2.21. The standard InChI is InChI=1S/C17H21NO3S/c1-4-16(22(19)17-8-6-5-7-15(17)18)12-9-13(20-2)11-14(10-12)21-3/h5-11,16H,4,18H2,1-3H3/t16-,22-/m0/s1. The van der Waals surface area contributed by atoms with E-state index < -0.39 is 10.8 Å². The number of para-hydroxylation sites is 1. The van der Waals surface area contributed by atoms with Gasteiger partial charge in [-0.1, -0.05) is 19.1 Å². The van der Waals surface area contributed by atoms with Gasteiger partial charge in [0.15, 0.2) is 0 Å². The molecule has 4 nitrogen and oxygen atoms in total. The van der Waals surface area contributed by atoms with Crippen molar-refractivity contribution in [3.8, 4) is 11.5 Å². The van der Waals surface area contributed by atoms with Crippen molar-refractivity contribution in [1.29, 1.82) is 0 Å². The van der Waals surface area contributed by atoms with Crippen molar-refractivity contribution in [2.24, 2.45) is 0 Å². The van der Waals surface area contributed by atoms with Gasteiger partial charge in [0.05, 0.1) is 35.2 Å². The summed E-state index contributed by atoms with van der Waals surface area (Å²) < 4.78 is 23.5. The molecule has 2 atom stereocenters. The summed E-state index contributed by atoms with van der Waals surface area (Å²) in [5.74, 6) is 1.37. The van der Waals surface area contributed by atoms with E-state index in [-0.39, 0.29) is 5.25 Å². The average molecular weight is 319 g/mol. The van der Waals surface area contributed by atoms with Gasteiger partial charge >= 0.3 is 0 Å². The molecule has 0 aliphatic heterocycles. The highest BCUT2D eigenvalue weighted by Crippen LogP contribution is 2.34. The van der Waals surface area contributed by atoms with E-state index in [2.05, 4.69) is 0 Å². The largest absolute Gasteiger partial charge is 0.497 e. The van der Waals surface area contributed by atoms with Gasteiger partial charge in [-0.15, -0.1) is 0 Å². The first-order chi connectivity index (χ1) is 10.6. The van der Waals surface area contributed by atoms with Crippen LogP contribution in [-0.4, -0.2) is 18.4 Å². The number of nitrogen functional groups attached to an aromatic ring is 1. The SMILES string of the molecule is CC[C@@H](c1cc(OC)cc(OC)c1)[S@](=O)c1ccccc1N. The summed E-state index contributed by atoms with van der Waals surface area (Å²) in [6.45, 7) is 2.01. The van der Waals surface area contributed by atoms with E-state index in [0.717, 1.165) is 12.0 Å². The smallest absolute Gasteiger partial charge is 0.122 e. The lowest BCUT2D eigenvalue weighted by atomic mass is 10.1. The number of rotatable bonds is 6. The van der Waals surface area contributed by atoms with Crippen LogP contribution in [0.2, 0.25) is 0 Å². The average Bonchev–Trinajstić information content (AvgIpc) is 2.55. The van der Waals surface area contributed by atoms with E-state index in [9.17, 15) is 4.21 Å². The minimum Gasteiger partial charge on any atom is -0.497 e. The summed E-state index contributed by atoms with van der Waals surface area (Å²) in [5.41, 5.74) is 7.43. The molecule has 22 heavy (non-hydrogen) atoms. The monoisotopic (exact) mass is 319 g/mol. The number of anilines is 1. The van der Waals surface area contributed by atoms with Gasteiger partial charge in [0.2, 0.25) is 0 Å². The Kier molecular flexibility index (Phi) is 5.44. The summed E-state index contributed by atoms with van der Waals surface area (Å²) in [4.78, 5) is 0.663. The molecule has 2 aromatic rings. The van der Waals surface area contributed by atoms with Crippen molar-refractivity contribution < 1.29 is 13.7 Å². The number of benzene rings is 2. The van der Waals surface area contributed by atoms with Crippen LogP contribution in [0.5, 0.6) is 11.5 Å². The van der Waals surface area contributed by atoms with Crippen LogP contribution in [-0.2, 0) is 10.8 Å². The third-order valence-corrected chi connectivity index (χ3v) is 5.44. The summed E-state index contributed by atoms with van der Waals surface area (Å²) >= 11 is 0. The van der Waals surface area contributed by atoms with E-state index in [4.69, 9.17) is 15.2 Å². The molecule has 0 heterocycles. The van der Waals surface area contributed by atoms with Gasteiger partial charge in [0, 0.05) is 11.8 Å². The maximum Gasteiger partial charge on any atom is 0.122 e. The van der Waals surface area contributed by atoms with Crippen molar-refractivity contribution >= 4 is 16.5 Å². The molecule has 0 saturated carbocycles. The molecule has 0 aromatic heterocycles. The van der Waals surface area contributed by atoms with Crippen LogP contribution < -0.4 is 15.2 Å². The Hall–Kier alpha value is -2.01. The van der Waals surface area contributed by atoms with Crippen LogP contribution in [0, 0.1) is 0 Å². The number of nitrogens with two attached hydrogens (primary N) is 1. The predicted octanol–water partition coefficient (Wildman–Crippen LogP) is 3.54. The molecule has 2 aromatic carbocycles. The molecule has 0 spiro atoms. The highest BCUT2D eigenvalue weighted by atomic mass is 32.2. The van der Waals surface area contributed by atoms with E-state index in [0.29, 0.717) is 22.1 Å². The zero-order valence-electron chi connectivity index (χ0n) is 13.0. The lowest BCUT2D eigenvalue weighted by molar-refractivity contribution is 0.393. The van der Waals surface area contributed by atoms with Crippen LogP contribution >= 0.6 is 0 Å². The van der Waals surface area contributed by atoms with Crippen molar-refractivity contribution in [2.75, 3.05) is 20.0 Å². The van der Waals surface area contributed by atoms with Gasteiger partial charge in [-0.2, -0.15) is 0 Å². The number of ether oxygens (including phenoxy) is 2. The van der Waals surface area contributed by atoms with Crippen molar-refractivity contribution in [3.05, 3.63) is 48.0 Å². The Morgan fingerprint density at radius 1 is 1.09 bits per heavy atom. The Morgan fingerprint density at radius 3 is 2.18 bits per heavy atom. The topological polar surface area (TPSA) is 61.5 Å². The molecule has 2 rings (SSSR count). The third kappa shape index (κ3) is 3.42. The maximum absolute atomic E-state index is 12.9. The molecule has 118 valence electrons. The quantitative estimate of drug-likeness (QED) is 0.827. The number of methoxy groups -OCH3 is 2. The van der Waals surface area contributed by atoms with Crippen LogP contribution in [0.1, 0.15) is 24.2 Å². The van der Waals surface area contributed by atoms with Crippen LogP contribution in [0.25, 0.3) is 0 Å². The van der Waals surface area contributed by atoms with Crippen LogP contribution in [0.15, 0.2) is 47.4 Å². The first-order valence-corrected chi connectivity index (χ1v) is 8.30. The van der Waals surface area contributed by atoms with Crippen LogP contribution in [0.3, 0.4) is 0 Å². The lowest BCUT2D eigenvalue weighted by Gasteiger charge is -2.18. The summed E-state index contributed by atoms with van der Waals surface area (Å²) in [5, 5.41) is -0.173. The molecule has 5 heteroatoms. The Balaban J connectivity index is 2.44. The minimum absolute atomic E-state index is 0.173. The fourth-order valence-corrected chi connectivity index (χ4v) is 3.85. The second-order valence-corrected chi connectivity index (χ2v) is 6.48. The van der Waals surface area contributed by atoms with Crippen LogP contribution in [0.4, 0.5) is 5.69 Å². The zero-order chi connectivity index (χ0) is 16.1. The van der Waals surface area contributed by atoms with Gasteiger partial charge in [-0.3, -0.25) is 4.21 Å². The van der Waals surface area contributed by atoms with E-state index in [1.165, 1.54) is 0 Å². The molecule has 0 unspecified atom stereocenters. The second-order valence-electron chi connectivity index (χ2n) is 4.88. The van der Waals surface area contributed by atoms with Gasteiger partial charge < -0.3 is 15.2 Å². The summed E-state index contributed by atoms with van der Waals surface area (Å²) in [6, 6.07) is 12.9. The first kappa shape index (κ1) is 16.4. The second kappa shape index (κ2) is 7.31. The molecule has 0 bridgehead atoms. The fraction of sp³-hybridized carbons (Fsp3) is 0.294.